The van der Waals surface area contributed by atoms with E-state index in [1.807, 2.05) is 33.8 Å². The van der Waals surface area contributed by atoms with Crippen LogP contribution in [0, 0.1) is 23.7 Å². The summed E-state index contributed by atoms with van der Waals surface area (Å²) in [6, 6.07) is 5.30. The van der Waals surface area contributed by atoms with E-state index in [9.17, 15) is 14.4 Å². The summed E-state index contributed by atoms with van der Waals surface area (Å²) in [5.41, 5.74) is 0.668. The molecule has 2 fully saturated rings. The maximum Gasteiger partial charge on any atom is 0.235 e. The maximum absolute atomic E-state index is 12.9. The van der Waals surface area contributed by atoms with Crippen molar-refractivity contribution in [1.29, 1.82) is 0 Å². The molecule has 1 aromatic rings. The van der Waals surface area contributed by atoms with Crippen LogP contribution in [0.5, 0.6) is 0 Å². The number of likely N-dealkylation sites (tertiary alicyclic amines) is 1. The van der Waals surface area contributed by atoms with Crippen molar-refractivity contribution in [2.45, 2.75) is 47.0 Å². The molecule has 1 aliphatic carbocycles. The highest BCUT2D eigenvalue weighted by molar-refractivity contribution is 6.31. The quantitative estimate of drug-likeness (QED) is 0.813. The number of fused-ring (bicyclic) bond motifs is 2. The Morgan fingerprint density at radius 1 is 1.31 bits per heavy atom. The highest BCUT2D eigenvalue weighted by Gasteiger charge is 2.64. The summed E-state index contributed by atoms with van der Waals surface area (Å²) in [6.45, 7) is 7.96. The zero-order valence-electron chi connectivity index (χ0n) is 15.7. The highest BCUT2D eigenvalue weighted by Crippen LogP contribution is 2.60. The molecule has 2 aliphatic rings. The van der Waals surface area contributed by atoms with E-state index in [1.54, 1.807) is 12.1 Å². The summed E-state index contributed by atoms with van der Waals surface area (Å²) in [7, 11) is 0. The van der Waals surface area contributed by atoms with Crippen molar-refractivity contribution in [3.8, 4) is 0 Å². The summed E-state index contributed by atoms with van der Waals surface area (Å²) in [4.78, 5) is 39.2. The van der Waals surface area contributed by atoms with Crippen LogP contribution in [0.25, 0.3) is 0 Å². The lowest BCUT2D eigenvalue weighted by molar-refractivity contribution is -0.167. The van der Waals surface area contributed by atoms with Crippen molar-refractivity contribution < 1.29 is 14.4 Å². The van der Waals surface area contributed by atoms with Gasteiger partial charge in [0, 0.05) is 29.6 Å². The van der Waals surface area contributed by atoms with Gasteiger partial charge in [0.2, 0.25) is 17.7 Å². The van der Waals surface area contributed by atoms with Crippen LogP contribution in [0.15, 0.2) is 18.2 Å². The predicted molar refractivity (Wildman–Crippen MR) is 101 cm³/mol. The van der Waals surface area contributed by atoms with Gasteiger partial charge in [-0.3, -0.25) is 19.3 Å². The fraction of sp³-hybridized carbons (Fsp3) is 0.550. The van der Waals surface area contributed by atoms with Crippen molar-refractivity contribution in [3.05, 3.63) is 28.8 Å². The summed E-state index contributed by atoms with van der Waals surface area (Å²) in [5.74, 6) is -0.675. The Labute approximate surface area is 159 Å². The Morgan fingerprint density at radius 3 is 2.65 bits per heavy atom. The van der Waals surface area contributed by atoms with Gasteiger partial charge in [0.25, 0.3) is 0 Å². The van der Waals surface area contributed by atoms with Gasteiger partial charge >= 0.3 is 0 Å². The van der Waals surface area contributed by atoms with Crippen LogP contribution < -0.4 is 5.32 Å². The van der Waals surface area contributed by atoms with Crippen LogP contribution in [0.1, 0.15) is 45.6 Å². The van der Waals surface area contributed by atoms with Crippen molar-refractivity contribution in [2.75, 3.05) is 11.9 Å². The number of rotatable bonds is 4. The highest BCUT2D eigenvalue weighted by atomic mass is 35.5. The molecule has 2 bridgehead atoms. The number of halogens is 1. The lowest BCUT2D eigenvalue weighted by Crippen LogP contribution is -2.59. The molecular weight excluding hydrogens is 352 g/mol. The van der Waals surface area contributed by atoms with Gasteiger partial charge in [0.05, 0.1) is 5.41 Å². The van der Waals surface area contributed by atoms with E-state index < -0.39 is 5.41 Å². The number of anilines is 1. The molecular formula is C20H25ClN2O3. The monoisotopic (exact) mass is 376 g/mol. The number of benzene rings is 1. The van der Waals surface area contributed by atoms with Crippen LogP contribution >= 0.6 is 11.6 Å². The molecule has 1 aliphatic heterocycles. The van der Waals surface area contributed by atoms with Crippen LogP contribution in [0.3, 0.4) is 0 Å². The largest absolute Gasteiger partial charge is 0.326 e. The van der Waals surface area contributed by atoms with Crippen LogP contribution in [-0.4, -0.2) is 29.2 Å². The minimum atomic E-state index is -0.535. The lowest BCUT2D eigenvalue weighted by Gasteiger charge is -2.47. The summed E-state index contributed by atoms with van der Waals surface area (Å²) in [5, 5.41) is 3.35. The summed E-state index contributed by atoms with van der Waals surface area (Å²) in [6.07, 6.45) is 1.53. The molecule has 0 aromatic heterocycles. The van der Waals surface area contributed by atoms with E-state index in [4.69, 9.17) is 11.6 Å². The molecule has 3 rings (SSSR count). The molecule has 3 amide bonds. The van der Waals surface area contributed by atoms with Gasteiger partial charge in [-0.1, -0.05) is 38.4 Å². The number of aryl methyl sites for hydroxylation is 1. The molecule has 0 radical (unpaired) electrons. The lowest BCUT2D eigenvalue weighted by atomic mass is 9.62. The molecule has 5 nitrogen and oxygen atoms in total. The van der Waals surface area contributed by atoms with E-state index in [-0.39, 0.29) is 42.0 Å². The number of carbonyl (C=O) groups is 3. The number of hydrogen-bond donors (Lipinski definition) is 1. The van der Waals surface area contributed by atoms with Gasteiger partial charge in [0.1, 0.15) is 0 Å². The molecule has 1 N–H and O–H groups in total. The number of piperidine rings is 1. The third-order valence-electron chi connectivity index (χ3n) is 6.53. The molecule has 1 aromatic carbocycles. The van der Waals surface area contributed by atoms with E-state index in [1.165, 1.54) is 4.90 Å². The first-order valence-corrected chi connectivity index (χ1v) is 9.37. The Bertz CT molecular complexity index is 789. The Hall–Kier alpha value is -1.88. The first-order chi connectivity index (χ1) is 12.1. The fourth-order valence-electron chi connectivity index (χ4n) is 4.22. The van der Waals surface area contributed by atoms with Gasteiger partial charge < -0.3 is 5.32 Å². The second-order valence-electron chi connectivity index (χ2n) is 8.20. The van der Waals surface area contributed by atoms with Crippen LogP contribution in [0.2, 0.25) is 5.02 Å². The Kier molecular flexibility index (Phi) is 4.63. The van der Waals surface area contributed by atoms with Crippen LogP contribution in [0.4, 0.5) is 5.69 Å². The van der Waals surface area contributed by atoms with Crippen molar-refractivity contribution in [1.82, 2.24) is 4.90 Å². The van der Waals surface area contributed by atoms with Gasteiger partial charge in [-0.05, 0) is 42.9 Å². The summed E-state index contributed by atoms with van der Waals surface area (Å²) >= 11 is 6.07. The Morgan fingerprint density at radius 2 is 2.00 bits per heavy atom. The fourth-order valence-corrected chi connectivity index (χ4v) is 4.40. The molecule has 0 spiro atoms. The van der Waals surface area contributed by atoms with Gasteiger partial charge in [-0.15, -0.1) is 0 Å². The average molecular weight is 377 g/mol. The number of imide groups is 1. The first kappa shape index (κ1) is 18.9. The molecule has 26 heavy (non-hydrogen) atoms. The Balaban J connectivity index is 1.66. The normalized spacial score (nSPS) is 27.0. The van der Waals surface area contributed by atoms with Gasteiger partial charge in [0.15, 0.2) is 0 Å². The van der Waals surface area contributed by atoms with Crippen molar-refractivity contribution in [3.63, 3.8) is 0 Å². The number of amides is 3. The molecule has 140 valence electrons. The topological polar surface area (TPSA) is 66.5 Å². The second-order valence-corrected chi connectivity index (χ2v) is 8.61. The third-order valence-corrected chi connectivity index (χ3v) is 6.93. The maximum atomic E-state index is 12.9. The van der Waals surface area contributed by atoms with Gasteiger partial charge in [-0.25, -0.2) is 0 Å². The number of carbonyl (C=O) groups excluding carboxylic acids is 3. The van der Waals surface area contributed by atoms with E-state index in [0.29, 0.717) is 10.7 Å². The van der Waals surface area contributed by atoms with Crippen molar-refractivity contribution >= 4 is 35.0 Å². The SMILES string of the molecule is Cc1ccc(NC(=O)CCN2C(=O)C3CCC(C)(C2=O)C3(C)C)cc1Cl. The smallest absolute Gasteiger partial charge is 0.235 e. The number of nitrogens with one attached hydrogen (secondary N) is 1. The molecule has 1 saturated carbocycles. The molecule has 2 atom stereocenters. The zero-order chi connectivity index (χ0) is 19.3. The molecule has 2 unspecified atom stereocenters. The third kappa shape index (κ3) is 2.82. The molecule has 6 heteroatoms. The average Bonchev–Trinajstić information content (AvgIpc) is 2.75. The van der Waals surface area contributed by atoms with Crippen LogP contribution in [-0.2, 0) is 14.4 Å². The minimum absolute atomic E-state index is 0.0756. The molecule has 1 heterocycles. The minimum Gasteiger partial charge on any atom is -0.326 e. The van der Waals surface area contributed by atoms with E-state index in [2.05, 4.69) is 5.32 Å². The number of hydrogen-bond acceptors (Lipinski definition) is 3. The standard InChI is InChI=1S/C20H25ClN2O3/c1-12-5-6-13(11-15(12)21)22-16(24)8-10-23-17(25)14-7-9-20(4,18(23)26)19(14,2)3/h5-6,11,14H,7-10H2,1-4H3,(H,22,24). The van der Waals surface area contributed by atoms with E-state index >= 15 is 0 Å². The van der Waals surface area contributed by atoms with E-state index in [0.717, 1.165) is 18.4 Å². The second kappa shape index (κ2) is 6.38. The summed E-state index contributed by atoms with van der Waals surface area (Å²) < 4.78 is 0. The first-order valence-electron chi connectivity index (χ1n) is 9.00. The predicted octanol–water partition coefficient (Wildman–Crippen LogP) is 3.79. The molecule has 1 saturated heterocycles. The zero-order valence-corrected chi connectivity index (χ0v) is 16.4. The van der Waals surface area contributed by atoms with Crippen molar-refractivity contribution in [2.24, 2.45) is 16.7 Å². The van der Waals surface area contributed by atoms with Gasteiger partial charge in [-0.2, -0.15) is 0 Å². The number of nitrogens with zero attached hydrogens (tertiary/aromatic N) is 1.